The topological polar surface area (TPSA) is 51.4 Å². The van der Waals surface area contributed by atoms with Crippen LogP contribution in [-0.2, 0) is 20.5 Å². The number of aromatic amines is 1. The first kappa shape index (κ1) is 10.1. The molecule has 0 radical (unpaired) electrons. The summed E-state index contributed by atoms with van der Waals surface area (Å²) in [5, 5.41) is 11.3. The molecule has 6 heteroatoms. The lowest BCUT2D eigenvalue weighted by atomic mass is 10.2. The Morgan fingerprint density at radius 2 is 2.20 bits per heavy atom. The lowest BCUT2D eigenvalue weighted by molar-refractivity contribution is 0.746. The minimum absolute atomic E-state index is 0.621. The Morgan fingerprint density at radius 1 is 1.47 bits per heavy atom. The van der Waals surface area contributed by atoms with Crippen molar-refractivity contribution in [3.05, 3.63) is 16.7 Å². The van der Waals surface area contributed by atoms with Crippen LogP contribution in [0.3, 0.4) is 0 Å². The van der Waals surface area contributed by atoms with Gasteiger partial charge in [-0.1, -0.05) is 6.92 Å². The van der Waals surface area contributed by atoms with E-state index in [4.69, 9.17) is 12.2 Å². The van der Waals surface area contributed by atoms with Crippen molar-refractivity contribution in [2.45, 2.75) is 13.3 Å². The average molecular weight is 223 g/mol. The molecule has 5 nitrogen and oxygen atoms in total. The minimum Gasteiger partial charge on any atom is -0.303 e. The smallest absolute Gasteiger partial charge is 0.195 e. The van der Waals surface area contributed by atoms with Crippen LogP contribution in [0.2, 0.25) is 0 Å². The van der Waals surface area contributed by atoms with Gasteiger partial charge in [-0.2, -0.15) is 10.2 Å². The van der Waals surface area contributed by atoms with Crippen molar-refractivity contribution in [2.24, 2.45) is 14.1 Å². The van der Waals surface area contributed by atoms with E-state index in [-0.39, 0.29) is 0 Å². The maximum absolute atomic E-state index is 5.08. The molecule has 0 aliphatic rings. The Balaban J connectivity index is 2.62. The van der Waals surface area contributed by atoms with Gasteiger partial charge in [0.1, 0.15) is 0 Å². The van der Waals surface area contributed by atoms with Gasteiger partial charge >= 0.3 is 0 Å². The largest absolute Gasteiger partial charge is 0.303 e. The number of aryl methyl sites for hydroxylation is 2. The molecule has 0 aliphatic carbocycles. The van der Waals surface area contributed by atoms with Crippen LogP contribution in [0.15, 0.2) is 6.20 Å². The highest BCUT2D eigenvalue weighted by molar-refractivity contribution is 7.71. The number of aromatic nitrogens is 5. The first-order chi connectivity index (χ1) is 7.13. The lowest BCUT2D eigenvalue weighted by Crippen LogP contribution is -1.94. The Labute approximate surface area is 92.7 Å². The predicted molar refractivity (Wildman–Crippen MR) is 60.0 cm³/mol. The number of rotatable bonds is 2. The van der Waals surface area contributed by atoms with Gasteiger partial charge in [-0.3, -0.25) is 9.78 Å². The first-order valence-electron chi connectivity index (χ1n) is 4.77. The zero-order chi connectivity index (χ0) is 11.0. The molecule has 80 valence electrons. The fourth-order valence-corrected chi connectivity index (χ4v) is 1.70. The van der Waals surface area contributed by atoms with E-state index in [9.17, 15) is 0 Å². The second-order valence-electron chi connectivity index (χ2n) is 3.43. The molecule has 2 aromatic heterocycles. The Bertz CT molecular complexity index is 533. The molecule has 0 spiro atoms. The third kappa shape index (κ3) is 1.61. The van der Waals surface area contributed by atoms with Crippen LogP contribution in [0.1, 0.15) is 12.6 Å². The normalized spacial score (nSPS) is 10.9. The van der Waals surface area contributed by atoms with E-state index in [0.717, 1.165) is 23.5 Å². The number of H-pyrrole nitrogens is 1. The maximum atomic E-state index is 5.08. The molecule has 0 unspecified atom stereocenters. The Kier molecular flexibility index (Phi) is 2.44. The van der Waals surface area contributed by atoms with Gasteiger partial charge < -0.3 is 4.57 Å². The standard InChI is InChI=1S/C9H13N5S/c1-4-7-6(5-13(2)12-7)8-10-11-9(15)14(8)3/h5H,4H2,1-3H3,(H,11,15). The molecule has 0 bridgehead atoms. The molecule has 0 saturated heterocycles. The van der Waals surface area contributed by atoms with Crippen LogP contribution >= 0.6 is 12.2 Å². The summed E-state index contributed by atoms with van der Waals surface area (Å²) in [7, 11) is 3.80. The van der Waals surface area contributed by atoms with Gasteiger partial charge in [-0.25, -0.2) is 0 Å². The monoisotopic (exact) mass is 223 g/mol. The summed E-state index contributed by atoms with van der Waals surface area (Å²) >= 11 is 5.08. The van der Waals surface area contributed by atoms with Crippen molar-refractivity contribution in [1.82, 2.24) is 24.5 Å². The van der Waals surface area contributed by atoms with E-state index in [1.165, 1.54) is 0 Å². The molecular formula is C9H13N5S. The van der Waals surface area contributed by atoms with Gasteiger partial charge in [-0.05, 0) is 18.6 Å². The molecule has 0 aromatic carbocycles. The molecule has 2 rings (SSSR count). The number of hydrogen-bond donors (Lipinski definition) is 1. The average Bonchev–Trinajstić information content (AvgIpc) is 2.72. The fourth-order valence-electron chi connectivity index (χ4n) is 1.57. The van der Waals surface area contributed by atoms with Crippen LogP contribution in [0.4, 0.5) is 0 Å². The van der Waals surface area contributed by atoms with Gasteiger partial charge in [0.25, 0.3) is 0 Å². The summed E-state index contributed by atoms with van der Waals surface area (Å²) in [5.74, 6) is 0.838. The summed E-state index contributed by atoms with van der Waals surface area (Å²) < 4.78 is 4.27. The molecule has 0 aliphatic heterocycles. The van der Waals surface area contributed by atoms with Crippen molar-refractivity contribution < 1.29 is 0 Å². The molecule has 15 heavy (non-hydrogen) atoms. The molecule has 2 aromatic rings. The summed E-state index contributed by atoms with van der Waals surface area (Å²) in [5.41, 5.74) is 2.07. The third-order valence-electron chi connectivity index (χ3n) is 2.36. The van der Waals surface area contributed by atoms with E-state index in [1.54, 1.807) is 4.68 Å². The summed E-state index contributed by atoms with van der Waals surface area (Å²) in [4.78, 5) is 0. The lowest BCUT2D eigenvalue weighted by Gasteiger charge is -1.98. The van der Waals surface area contributed by atoms with Crippen molar-refractivity contribution in [1.29, 1.82) is 0 Å². The summed E-state index contributed by atoms with van der Waals surface area (Å²) in [6.45, 7) is 2.08. The highest BCUT2D eigenvalue weighted by Gasteiger charge is 2.13. The van der Waals surface area contributed by atoms with E-state index in [1.807, 2.05) is 24.9 Å². The van der Waals surface area contributed by atoms with Crippen molar-refractivity contribution in [2.75, 3.05) is 0 Å². The van der Waals surface area contributed by atoms with Gasteiger partial charge in [0, 0.05) is 20.3 Å². The van der Waals surface area contributed by atoms with Crippen LogP contribution in [0, 0.1) is 4.77 Å². The quantitative estimate of drug-likeness (QED) is 0.784. The van der Waals surface area contributed by atoms with Crippen molar-refractivity contribution in [3.8, 4) is 11.4 Å². The van der Waals surface area contributed by atoms with Crippen molar-refractivity contribution >= 4 is 12.2 Å². The Morgan fingerprint density at radius 3 is 2.73 bits per heavy atom. The van der Waals surface area contributed by atoms with E-state index < -0.39 is 0 Å². The summed E-state index contributed by atoms with van der Waals surface area (Å²) in [6, 6.07) is 0. The third-order valence-corrected chi connectivity index (χ3v) is 2.73. The molecule has 2 heterocycles. The van der Waals surface area contributed by atoms with E-state index in [2.05, 4.69) is 22.2 Å². The van der Waals surface area contributed by atoms with Gasteiger partial charge in [-0.15, -0.1) is 0 Å². The van der Waals surface area contributed by atoms with E-state index >= 15 is 0 Å². The van der Waals surface area contributed by atoms with Gasteiger partial charge in [0.05, 0.1) is 11.3 Å². The van der Waals surface area contributed by atoms with Crippen LogP contribution in [0.5, 0.6) is 0 Å². The zero-order valence-electron chi connectivity index (χ0n) is 8.98. The Hall–Kier alpha value is -1.43. The number of nitrogens with zero attached hydrogens (tertiary/aromatic N) is 4. The second kappa shape index (κ2) is 3.62. The maximum Gasteiger partial charge on any atom is 0.195 e. The van der Waals surface area contributed by atoms with Crippen LogP contribution in [-0.4, -0.2) is 24.5 Å². The highest BCUT2D eigenvalue weighted by atomic mass is 32.1. The molecule has 0 amide bonds. The highest BCUT2D eigenvalue weighted by Crippen LogP contribution is 2.20. The molecule has 0 fully saturated rings. The van der Waals surface area contributed by atoms with Crippen LogP contribution < -0.4 is 0 Å². The zero-order valence-corrected chi connectivity index (χ0v) is 9.80. The predicted octanol–water partition coefficient (Wildman–Crippen LogP) is 1.44. The second-order valence-corrected chi connectivity index (χ2v) is 3.81. The SMILES string of the molecule is CCc1nn(C)cc1-c1n[nH]c(=S)n1C. The fraction of sp³-hybridized carbons (Fsp3) is 0.444. The van der Waals surface area contributed by atoms with Gasteiger partial charge in [0.15, 0.2) is 10.6 Å². The molecule has 0 saturated carbocycles. The first-order valence-corrected chi connectivity index (χ1v) is 5.18. The number of hydrogen-bond acceptors (Lipinski definition) is 3. The van der Waals surface area contributed by atoms with Crippen molar-refractivity contribution in [3.63, 3.8) is 0 Å². The molecule has 0 atom stereocenters. The molecular weight excluding hydrogens is 210 g/mol. The van der Waals surface area contributed by atoms with E-state index in [0.29, 0.717) is 4.77 Å². The van der Waals surface area contributed by atoms with Crippen LogP contribution in [0.25, 0.3) is 11.4 Å². The summed E-state index contributed by atoms with van der Waals surface area (Å²) in [6.07, 6.45) is 2.85. The number of nitrogens with one attached hydrogen (secondary N) is 1. The molecule has 1 N–H and O–H groups in total. The minimum atomic E-state index is 0.621. The van der Waals surface area contributed by atoms with Gasteiger partial charge in [0.2, 0.25) is 0 Å².